The topological polar surface area (TPSA) is 103 Å². The molecule has 4 N–H and O–H groups in total. The van der Waals surface area contributed by atoms with E-state index < -0.39 is 10.0 Å². The van der Waals surface area contributed by atoms with E-state index in [9.17, 15) is 13.2 Å². The number of amides is 1. The van der Waals surface area contributed by atoms with Crippen LogP contribution in [-0.2, 0) is 10.0 Å². The van der Waals surface area contributed by atoms with Gasteiger partial charge in [0.25, 0.3) is 5.91 Å². The van der Waals surface area contributed by atoms with Crippen LogP contribution in [0.2, 0.25) is 0 Å². The Balaban J connectivity index is 0.00000242. The Morgan fingerprint density at radius 1 is 1.41 bits per heavy atom. The number of hydrogen-bond donors (Lipinski definition) is 4. The number of nitrogens with one attached hydrogen (secondary N) is 4. The molecule has 1 aromatic heterocycles. The first-order valence-corrected chi connectivity index (χ1v) is 8.59. The number of rotatable bonds is 5. The van der Waals surface area contributed by atoms with Crippen molar-refractivity contribution >= 4 is 28.3 Å². The monoisotopic (exact) mass is 350 g/mol. The van der Waals surface area contributed by atoms with Gasteiger partial charge in [-0.1, -0.05) is 0 Å². The maximum absolute atomic E-state index is 12.1. The zero-order valence-electron chi connectivity index (χ0n) is 12.7. The van der Waals surface area contributed by atoms with E-state index in [4.69, 9.17) is 0 Å². The van der Waals surface area contributed by atoms with Gasteiger partial charge in [-0.25, -0.2) is 13.1 Å². The van der Waals surface area contributed by atoms with Gasteiger partial charge < -0.3 is 15.6 Å². The van der Waals surface area contributed by atoms with Crippen molar-refractivity contribution < 1.29 is 13.2 Å². The zero-order valence-corrected chi connectivity index (χ0v) is 14.3. The Kier molecular flexibility index (Phi) is 6.86. The molecule has 1 aromatic rings. The molecule has 1 amide bonds. The van der Waals surface area contributed by atoms with Crippen LogP contribution in [0.4, 0.5) is 0 Å². The van der Waals surface area contributed by atoms with Gasteiger partial charge in [0.15, 0.2) is 0 Å². The van der Waals surface area contributed by atoms with Gasteiger partial charge in [0.05, 0.1) is 0 Å². The summed E-state index contributed by atoms with van der Waals surface area (Å²) in [4.78, 5) is 14.9. The van der Waals surface area contributed by atoms with E-state index in [1.54, 1.807) is 13.8 Å². The number of piperidine rings is 1. The number of hydrogen-bond acceptors (Lipinski definition) is 4. The van der Waals surface area contributed by atoms with Crippen molar-refractivity contribution in [2.45, 2.75) is 43.7 Å². The zero-order chi connectivity index (χ0) is 15.5. The van der Waals surface area contributed by atoms with Crippen molar-refractivity contribution in [1.82, 2.24) is 20.3 Å². The molecule has 1 saturated heterocycles. The summed E-state index contributed by atoms with van der Waals surface area (Å²) < 4.78 is 26.5. The van der Waals surface area contributed by atoms with Crippen molar-refractivity contribution in [3.8, 4) is 0 Å². The first kappa shape index (κ1) is 19.0. The van der Waals surface area contributed by atoms with Crippen LogP contribution in [-0.4, -0.2) is 44.5 Å². The van der Waals surface area contributed by atoms with Gasteiger partial charge >= 0.3 is 0 Å². The first-order chi connectivity index (χ1) is 9.88. The van der Waals surface area contributed by atoms with E-state index in [0.717, 1.165) is 25.9 Å². The van der Waals surface area contributed by atoms with Crippen molar-refractivity contribution in [3.05, 3.63) is 18.0 Å². The number of sulfonamides is 1. The van der Waals surface area contributed by atoms with Crippen LogP contribution < -0.4 is 15.4 Å². The SMILES string of the molecule is CC(C)NS(=O)(=O)c1c[nH]c(C(=O)N[C@H]2CCCNC2)c1.Cl. The molecule has 0 saturated carbocycles. The predicted molar refractivity (Wildman–Crippen MR) is 86.9 cm³/mol. The highest BCUT2D eigenvalue weighted by atomic mass is 35.5. The normalized spacial score (nSPS) is 18.8. The lowest BCUT2D eigenvalue weighted by Crippen LogP contribution is -2.45. The van der Waals surface area contributed by atoms with Gasteiger partial charge in [-0.15, -0.1) is 12.4 Å². The average molecular weight is 351 g/mol. The third kappa shape index (κ3) is 4.98. The molecule has 1 aliphatic heterocycles. The van der Waals surface area contributed by atoms with Crippen LogP contribution in [0.3, 0.4) is 0 Å². The minimum atomic E-state index is -3.58. The molecule has 1 atom stereocenters. The number of carbonyl (C=O) groups is 1. The minimum Gasteiger partial charge on any atom is -0.356 e. The summed E-state index contributed by atoms with van der Waals surface area (Å²) in [7, 11) is -3.58. The van der Waals surface area contributed by atoms with Crippen LogP contribution in [0.1, 0.15) is 37.2 Å². The molecular formula is C13H23ClN4O3S. The van der Waals surface area contributed by atoms with Crippen molar-refractivity contribution in [1.29, 1.82) is 0 Å². The highest BCUT2D eigenvalue weighted by molar-refractivity contribution is 7.89. The highest BCUT2D eigenvalue weighted by Crippen LogP contribution is 2.12. The second-order valence-corrected chi connectivity index (χ2v) is 7.26. The molecule has 0 radical (unpaired) electrons. The summed E-state index contributed by atoms with van der Waals surface area (Å²) in [6.07, 6.45) is 3.28. The van der Waals surface area contributed by atoms with Crippen molar-refractivity contribution in [3.63, 3.8) is 0 Å². The number of halogens is 1. The Morgan fingerprint density at radius 2 is 2.14 bits per heavy atom. The number of aromatic nitrogens is 1. The predicted octanol–water partition coefficient (Wildman–Crippen LogP) is 0.605. The summed E-state index contributed by atoms with van der Waals surface area (Å²) in [6.45, 7) is 5.20. The van der Waals surface area contributed by atoms with E-state index in [0.29, 0.717) is 0 Å². The third-order valence-electron chi connectivity index (χ3n) is 3.23. The van der Waals surface area contributed by atoms with Crippen LogP contribution in [0.15, 0.2) is 17.2 Å². The molecule has 0 aliphatic carbocycles. The summed E-state index contributed by atoms with van der Waals surface area (Å²) >= 11 is 0. The van der Waals surface area contributed by atoms with Crippen LogP contribution >= 0.6 is 12.4 Å². The van der Waals surface area contributed by atoms with E-state index in [1.807, 2.05) is 0 Å². The van der Waals surface area contributed by atoms with Gasteiger partial charge in [0, 0.05) is 24.8 Å². The van der Waals surface area contributed by atoms with E-state index >= 15 is 0 Å². The summed E-state index contributed by atoms with van der Waals surface area (Å²) in [6, 6.07) is 1.25. The number of aromatic amines is 1. The molecule has 126 valence electrons. The second-order valence-electron chi connectivity index (χ2n) is 5.54. The fourth-order valence-corrected chi connectivity index (χ4v) is 3.52. The standard InChI is InChI=1S/C13H22N4O3S.ClH/c1-9(2)17-21(19,20)11-6-12(15-8-11)13(18)16-10-4-3-5-14-7-10;/h6,8-10,14-15,17H,3-5,7H2,1-2H3,(H,16,18);1H/t10-;/m0./s1. The van der Waals surface area contributed by atoms with Gasteiger partial charge in [-0.3, -0.25) is 4.79 Å². The smallest absolute Gasteiger partial charge is 0.267 e. The van der Waals surface area contributed by atoms with E-state index in [1.165, 1.54) is 12.3 Å². The molecule has 9 heteroatoms. The molecule has 2 heterocycles. The van der Waals surface area contributed by atoms with E-state index in [-0.39, 0.29) is 41.0 Å². The molecule has 0 spiro atoms. The molecule has 0 bridgehead atoms. The minimum absolute atomic E-state index is 0. The Labute approximate surface area is 137 Å². The highest BCUT2D eigenvalue weighted by Gasteiger charge is 2.21. The fourth-order valence-electron chi connectivity index (χ4n) is 2.28. The molecule has 1 aliphatic rings. The summed E-state index contributed by atoms with van der Waals surface area (Å²) in [5.74, 6) is -0.283. The Hall–Kier alpha value is -1.09. The van der Waals surface area contributed by atoms with Crippen molar-refractivity contribution in [2.75, 3.05) is 13.1 Å². The second kappa shape index (κ2) is 7.96. The van der Waals surface area contributed by atoms with Crippen LogP contribution in [0.5, 0.6) is 0 Å². The van der Waals surface area contributed by atoms with E-state index in [2.05, 4.69) is 20.3 Å². The lowest BCUT2D eigenvalue weighted by atomic mass is 10.1. The molecule has 0 unspecified atom stereocenters. The average Bonchev–Trinajstić information content (AvgIpc) is 2.88. The molecule has 1 fully saturated rings. The van der Waals surface area contributed by atoms with Gasteiger partial charge in [0.2, 0.25) is 10.0 Å². The van der Waals surface area contributed by atoms with Crippen LogP contribution in [0.25, 0.3) is 0 Å². The first-order valence-electron chi connectivity index (χ1n) is 7.11. The Morgan fingerprint density at radius 3 is 2.73 bits per heavy atom. The lowest BCUT2D eigenvalue weighted by Gasteiger charge is -2.23. The van der Waals surface area contributed by atoms with Gasteiger partial charge in [-0.05, 0) is 39.3 Å². The van der Waals surface area contributed by atoms with Gasteiger partial charge in [-0.2, -0.15) is 0 Å². The fraction of sp³-hybridized carbons (Fsp3) is 0.615. The molecule has 7 nitrogen and oxygen atoms in total. The van der Waals surface area contributed by atoms with Crippen LogP contribution in [0, 0.1) is 0 Å². The maximum Gasteiger partial charge on any atom is 0.267 e. The molecule has 2 rings (SSSR count). The molecular weight excluding hydrogens is 328 g/mol. The summed E-state index contributed by atoms with van der Waals surface area (Å²) in [5.41, 5.74) is 0.254. The number of carbonyl (C=O) groups excluding carboxylic acids is 1. The maximum atomic E-state index is 12.1. The summed E-state index contributed by atoms with van der Waals surface area (Å²) in [5, 5.41) is 6.10. The lowest BCUT2D eigenvalue weighted by molar-refractivity contribution is 0.0926. The molecule has 22 heavy (non-hydrogen) atoms. The number of H-pyrrole nitrogens is 1. The van der Waals surface area contributed by atoms with Gasteiger partial charge in [0.1, 0.15) is 10.6 Å². The van der Waals surface area contributed by atoms with Crippen molar-refractivity contribution in [2.24, 2.45) is 0 Å². The Bertz CT molecular complexity index is 594. The molecule has 0 aromatic carbocycles. The quantitative estimate of drug-likeness (QED) is 0.624. The largest absolute Gasteiger partial charge is 0.356 e. The third-order valence-corrected chi connectivity index (χ3v) is 4.87.